The van der Waals surface area contributed by atoms with Crippen LogP contribution in [0.5, 0.6) is 0 Å². The summed E-state index contributed by atoms with van der Waals surface area (Å²) in [6, 6.07) is 12.6. The molecular weight excluding hydrogens is 335 g/mol. The summed E-state index contributed by atoms with van der Waals surface area (Å²) in [5.41, 5.74) is 5.32. The van der Waals surface area contributed by atoms with Crippen LogP contribution >= 0.6 is 23.2 Å². The molecule has 0 N–H and O–H groups in total. The zero-order valence-corrected chi connectivity index (χ0v) is 17.1. The van der Waals surface area contributed by atoms with E-state index in [9.17, 15) is 0 Å². The normalized spacial score (nSPS) is 12.5. The van der Waals surface area contributed by atoms with Crippen LogP contribution in [0.1, 0.15) is 63.3 Å². The molecule has 0 aliphatic carbocycles. The van der Waals surface area contributed by atoms with E-state index in [4.69, 9.17) is 23.2 Å². The average molecular weight is 363 g/mol. The molecule has 0 spiro atoms. The van der Waals surface area contributed by atoms with E-state index in [-0.39, 0.29) is 10.8 Å². The first-order chi connectivity index (χ1) is 11.0. The second kappa shape index (κ2) is 7.10. The van der Waals surface area contributed by atoms with Gasteiger partial charge in [-0.2, -0.15) is 0 Å². The van der Waals surface area contributed by atoms with Crippen molar-refractivity contribution in [2.75, 3.05) is 0 Å². The molecular formula is C22H28Cl2. The Morgan fingerprint density at radius 2 is 1.46 bits per heavy atom. The summed E-state index contributed by atoms with van der Waals surface area (Å²) < 4.78 is 0. The molecule has 2 rings (SSSR count). The van der Waals surface area contributed by atoms with Crippen molar-refractivity contribution >= 4 is 23.2 Å². The highest BCUT2D eigenvalue weighted by Gasteiger charge is 2.26. The Morgan fingerprint density at radius 3 is 2.00 bits per heavy atom. The van der Waals surface area contributed by atoms with Crippen molar-refractivity contribution in [1.29, 1.82) is 0 Å². The van der Waals surface area contributed by atoms with Crippen LogP contribution in [0.2, 0.25) is 10.0 Å². The quantitative estimate of drug-likeness (QED) is 0.527. The molecule has 0 bridgehead atoms. The summed E-state index contributed by atoms with van der Waals surface area (Å²) in [5.74, 6) is 0. The standard InChI is InChI=1S/C22H28Cl2/c1-15-10-11-16(14-17(15)21(2,3)4)12-13-22(5,6)20-18(23)8-7-9-19(20)24/h7-11,14H,12-13H2,1-6H3. The fourth-order valence-corrected chi connectivity index (χ4v) is 4.27. The fraction of sp³-hybridized carbons (Fsp3) is 0.455. The van der Waals surface area contributed by atoms with Crippen LogP contribution in [-0.4, -0.2) is 0 Å². The van der Waals surface area contributed by atoms with E-state index >= 15 is 0 Å². The van der Waals surface area contributed by atoms with E-state index in [0.29, 0.717) is 0 Å². The van der Waals surface area contributed by atoms with Gasteiger partial charge in [-0.3, -0.25) is 0 Å². The van der Waals surface area contributed by atoms with Gasteiger partial charge in [0.25, 0.3) is 0 Å². The van der Waals surface area contributed by atoms with Crippen molar-refractivity contribution in [2.45, 2.75) is 65.2 Å². The van der Waals surface area contributed by atoms with Crippen molar-refractivity contribution < 1.29 is 0 Å². The molecule has 24 heavy (non-hydrogen) atoms. The lowest BCUT2D eigenvalue weighted by molar-refractivity contribution is 0.480. The molecule has 2 aromatic rings. The minimum absolute atomic E-state index is 0.0673. The number of aryl methyl sites for hydroxylation is 2. The van der Waals surface area contributed by atoms with Crippen LogP contribution < -0.4 is 0 Å². The number of halogens is 2. The van der Waals surface area contributed by atoms with Gasteiger partial charge in [0.05, 0.1) is 0 Å². The van der Waals surface area contributed by atoms with Gasteiger partial charge >= 0.3 is 0 Å². The third kappa shape index (κ3) is 4.35. The lowest BCUT2D eigenvalue weighted by Gasteiger charge is -2.28. The Labute approximate surface area is 157 Å². The first kappa shape index (κ1) is 19.3. The van der Waals surface area contributed by atoms with E-state index in [2.05, 4.69) is 59.7 Å². The lowest BCUT2D eigenvalue weighted by Crippen LogP contribution is -2.20. The molecule has 0 nitrogen and oxygen atoms in total. The maximum absolute atomic E-state index is 6.42. The van der Waals surface area contributed by atoms with Crippen LogP contribution in [-0.2, 0) is 17.3 Å². The van der Waals surface area contributed by atoms with Gasteiger partial charge in [0, 0.05) is 10.0 Å². The summed E-state index contributed by atoms with van der Waals surface area (Å²) in [6.45, 7) is 13.4. The summed E-state index contributed by atoms with van der Waals surface area (Å²) in [6.07, 6.45) is 2.01. The number of hydrogen-bond acceptors (Lipinski definition) is 0. The van der Waals surface area contributed by atoms with Gasteiger partial charge in [-0.25, -0.2) is 0 Å². The lowest BCUT2D eigenvalue weighted by atomic mass is 9.78. The highest BCUT2D eigenvalue weighted by molar-refractivity contribution is 6.36. The van der Waals surface area contributed by atoms with Crippen molar-refractivity contribution in [1.82, 2.24) is 0 Å². The second-order valence-corrected chi connectivity index (χ2v) is 9.19. The summed E-state index contributed by atoms with van der Waals surface area (Å²) in [5, 5.41) is 1.51. The third-order valence-electron chi connectivity index (χ3n) is 4.79. The zero-order valence-electron chi connectivity index (χ0n) is 15.6. The van der Waals surface area contributed by atoms with E-state index < -0.39 is 0 Å². The maximum atomic E-state index is 6.42. The van der Waals surface area contributed by atoms with E-state index in [1.807, 2.05) is 18.2 Å². The molecule has 0 atom stereocenters. The molecule has 0 radical (unpaired) electrons. The van der Waals surface area contributed by atoms with Crippen molar-refractivity contribution in [3.63, 3.8) is 0 Å². The monoisotopic (exact) mass is 362 g/mol. The molecule has 130 valence electrons. The molecule has 0 saturated heterocycles. The molecule has 0 aromatic heterocycles. The Hall–Kier alpha value is -0.980. The smallest absolute Gasteiger partial charge is 0.0458 e. The van der Waals surface area contributed by atoms with Crippen LogP contribution in [0.15, 0.2) is 36.4 Å². The van der Waals surface area contributed by atoms with Gasteiger partial charge in [-0.15, -0.1) is 0 Å². The summed E-state index contributed by atoms with van der Waals surface area (Å²) >= 11 is 12.8. The highest BCUT2D eigenvalue weighted by Crippen LogP contribution is 2.38. The van der Waals surface area contributed by atoms with Crippen molar-refractivity contribution in [3.05, 3.63) is 68.7 Å². The predicted molar refractivity (Wildman–Crippen MR) is 108 cm³/mol. The summed E-state index contributed by atoms with van der Waals surface area (Å²) in [4.78, 5) is 0. The molecule has 0 amide bonds. The molecule has 2 heteroatoms. The largest absolute Gasteiger partial charge is 0.0840 e. The van der Waals surface area contributed by atoms with Crippen molar-refractivity contribution in [3.8, 4) is 0 Å². The minimum Gasteiger partial charge on any atom is -0.0840 e. The number of benzene rings is 2. The summed E-state index contributed by atoms with van der Waals surface area (Å²) in [7, 11) is 0. The highest BCUT2D eigenvalue weighted by atomic mass is 35.5. The second-order valence-electron chi connectivity index (χ2n) is 8.38. The molecule has 0 heterocycles. The van der Waals surface area contributed by atoms with Gasteiger partial charge in [-0.1, -0.05) is 82.1 Å². The third-order valence-corrected chi connectivity index (χ3v) is 5.42. The van der Waals surface area contributed by atoms with E-state index in [1.54, 1.807) is 0 Å². The van der Waals surface area contributed by atoms with Crippen molar-refractivity contribution in [2.24, 2.45) is 0 Å². The average Bonchev–Trinajstić information content (AvgIpc) is 2.44. The van der Waals surface area contributed by atoms with Crippen LogP contribution in [0.25, 0.3) is 0 Å². The van der Waals surface area contributed by atoms with Gasteiger partial charge in [0.2, 0.25) is 0 Å². The zero-order chi connectivity index (χ0) is 18.1. The SMILES string of the molecule is Cc1ccc(CCC(C)(C)c2c(Cl)cccc2Cl)cc1C(C)(C)C. The topological polar surface area (TPSA) is 0 Å². The molecule has 0 saturated carbocycles. The molecule has 0 fully saturated rings. The Morgan fingerprint density at radius 1 is 0.875 bits per heavy atom. The van der Waals surface area contributed by atoms with Gasteiger partial charge in [0.1, 0.15) is 0 Å². The van der Waals surface area contributed by atoms with E-state index in [0.717, 1.165) is 28.5 Å². The number of rotatable bonds is 4. The number of hydrogen-bond donors (Lipinski definition) is 0. The van der Waals surface area contributed by atoms with Gasteiger partial charge < -0.3 is 0 Å². The van der Waals surface area contributed by atoms with Gasteiger partial charge in [0.15, 0.2) is 0 Å². The molecule has 0 aliphatic heterocycles. The molecule has 0 aliphatic rings. The fourth-order valence-electron chi connectivity index (χ4n) is 3.36. The van der Waals surface area contributed by atoms with Crippen LogP contribution in [0, 0.1) is 6.92 Å². The molecule has 2 aromatic carbocycles. The van der Waals surface area contributed by atoms with Crippen LogP contribution in [0.3, 0.4) is 0 Å². The van der Waals surface area contributed by atoms with Gasteiger partial charge in [-0.05, 0) is 65.0 Å². The Balaban J connectivity index is 2.24. The van der Waals surface area contributed by atoms with E-state index in [1.165, 1.54) is 16.7 Å². The maximum Gasteiger partial charge on any atom is 0.0458 e. The molecule has 0 unspecified atom stereocenters. The Bertz CT molecular complexity index is 701. The Kier molecular flexibility index (Phi) is 5.72. The first-order valence-corrected chi connectivity index (χ1v) is 9.32. The first-order valence-electron chi connectivity index (χ1n) is 8.57. The minimum atomic E-state index is -0.0673. The predicted octanol–water partition coefficient (Wildman–Crippen LogP) is 7.51. The van der Waals surface area contributed by atoms with Crippen LogP contribution in [0.4, 0.5) is 0 Å².